The predicted octanol–water partition coefficient (Wildman–Crippen LogP) is 4.81. The quantitative estimate of drug-likeness (QED) is 0.445. The number of hydrogen-bond donors (Lipinski definition) is 0. The third-order valence-corrected chi connectivity index (χ3v) is 2.54. The summed E-state index contributed by atoms with van der Waals surface area (Å²) >= 11 is 0. The van der Waals surface area contributed by atoms with Gasteiger partial charge in [0.1, 0.15) is 0 Å². The van der Waals surface area contributed by atoms with Gasteiger partial charge in [0.25, 0.3) is 0 Å². The van der Waals surface area contributed by atoms with Crippen molar-refractivity contribution < 1.29 is 19.5 Å². The van der Waals surface area contributed by atoms with E-state index in [9.17, 15) is 0 Å². The van der Waals surface area contributed by atoms with Crippen LogP contribution in [0.15, 0.2) is 36.0 Å². The van der Waals surface area contributed by atoms with Gasteiger partial charge in [-0.1, -0.05) is 33.6 Å². The van der Waals surface area contributed by atoms with Gasteiger partial charge >= 0.3 is 19.5 Å². The van der Waals surface area contributed by atoms with E-state index in [-0.39, 0.29) is 19.5 Å². The van der Waals surface area contributed by atoms with E-state index in [1.54, 1.807) is 0 Å². The molecule has 17 heavy (non-hydrogen) atoms. The van der Waals surface area contributed by atoms with Crippen LogP contribution in [0, 0.1) is 17.6 Å². The van der Waals surface area contributed by atoms with Crippen LogP contribution in [0.1, 0.15) is 46.5 Å². The Morgan fingerprint density at radius 2 is 1.94 bits per heavy atom. The second-order valence-corrected chi connectivity index (χ2v) is 5.14. The summed E-state index contributed by atoms with van der Waals surface area (Å²) in [6.07, 6.45) is 21.6. The summed E-state index contributed by atoms with van der Waals surface area (Å²) in [7, 11) is 0. The van der Waals surface area contributed by atoms with Crippen LogP contribution >= 0.6 is 0 Å². The second-order valence-electron chi connectivity index (χ2n) is 5.14. The fourth-order valence-electron chi connectivity index (χ4n) is 1.56. The van der Waals surface area contributed by atoms with Crippen LogP contribution in [0.3, 0.4) is 0 Å². The van der Waals surface area contributed by atoms with Gasteiger partial charge in [-0.15, -0.1) is 12.8 Å². The third kappa shape index (κ3) is 7.50. The van der Waals surface area contributed by atoms with Crippen LogP contribution in [-0.2, 0) is 19.5 Å². The maximum Gasteiger partial charge on any atom is 2.00 e. The minimum atomic E-state index is 0. The van der Waals surface area contributed by atoms with E-state index in [2.05, 4.69) is 57.2 Å². The molecule has 2 rings (SSSR count). The molecule has 0 radical (unpaired) electrons. The van der Waals surface area contributed by atoms with Crippen molar-refractivity contribution in [2.24, 2.45) is 5.41 Å². The molecule has 2 aliphatic rings. The molecule has 0 nitrogen and oxygen atoms in total. The molecule has 0 aliphatic heterocycles. The van der Waals surface area contributed by atoms with Crippen LogP contribution in [0.4, 0.5) is 0 Å². The molecule has 0 aromatic carbocycles. The molecule has 0 fully saturated rings. The normalized spacial score (nSPS) is 17.7. The van der Waals surface area contributed by atoms with E-state index in [1.807, 2.05) is 6.08 Å². The van der Waals surface area contributed by atoms with E-state index in [1.165, 1.54) is 18.4 Å². The standard InChI is InChI=1S/C9H13.C7H9.Ru/c1-9(2,3)8-6-4-5-7-8;1-2-4-6-7-5-3-1;/h4,6H,5H2,1-3H3;1-3H,4,6-7H2;/q2*-1;+2. The van der Waals surface area contributed by atoms with Gasteiger partial charge in [-0.05, 0) is 5.41 Å². The SMILES string of the molecule is CC(C)(C)C1=[C-]CC=C1.[C-]1=CC=CCCC1.[Ru+2]. The largest absolute Gasteiger partial charge is 2.00 e. The molecule has 0 amide bonds. The predicted molar refractivity (Wildman–Crippen MR) is 70.8 cm³/mol. The van der Waals surface area contributed by atoms with Crippen LogP contribution in [-0.4, -0.2) is 0 Å². The Morgan fingerprint density at radius 1 is 1.18 bits per heavy atom. The second kappa shape index (κ2) is 8.64. The smallest absolute Gasteiger partial charge is 0.275 e. The monoisotopic (exact) mass is 316 g/mol. The Labute approximate surface area is 119 Å². The van der Waals surface area contributed by atoms with Crippen molar-refractivity contribution in [2.75, 3.05) is 0 Å². The van der Waals surface area contributed by atoms with Gasteiger partial charge in [-0.3, -0.25) is 12.2 Å². The van der Waals surface area contributed by atoms with E-state index in [4.69, 9.17) is 0 Å². The Kier molecular flexibility index (Phi) is 8.43. The Balaban J connectivity index is 0.000000292. The third-order valence-electron chi connectivity index (χ3n) is 2.54. The van der Waals surface area contributed by atoms with Gasteiger partial charge in [-0.25, -0.2) is 23.8 Å². The van der Waals surface area contributed by atoms with Gasteiger partial charge in [-0.2, -0.15) is 12.2 Å². The van der Waals surface area contributed by atoms with Crippen molar-refractivity contribution in [3.8, 4) is 0 Å². The average Bonchev–Trinajstić information content (AvgIpc) is 2.60. The van der Waals surface area contributed by atoms with Crippen molar-refractivity contribution in [3.05, 3.63) is 48.1 Å². The summed E-state index contributed by atoms with van der Waals surface area (Å²) in [5.74, 6) is 0. The summed E-state index contributed by atoms with van der Waals surface area (Å²) in [5.41, 5.74) is 1.65. The van der Waals surface area contributed by atoms with Crippen LogP contribution in [0.2, 0.25) is 0 Å². The Bertz CT molecular complexity index is 299. The molecular weight excluding hydrogens is 293 g/mol. The van der Waals surface area contributed by atoms with Gasteiger partial charge in [0.15, 0.2) is 0 Å². The first-order chi connectivity index (χ1) is 7.61. The van der Waals surface area contributed by atoms with Gasteiger partial charge in [0.05, 0.1) is 0 Å². The van der Waals surface area contributed by atoms with Crippen LogP contribution in [0.25, 0.3) is 0 Å². The molecule has 0 heterocycles. The fraction of sp³-hybridized carbons (Fsp3) is 0.500. The van der Waals surface area contributed by atoms with Gasteiger partial charge in [0.2, 0.25) is 0 Å². The molecular formula is C16H22Ru. The first kappa shape index (κ1) is 16.6. The topological polar surface area (TPSA) is 0 Å². The summed E-state index contributed by atoms with van der Waals surface area (Å²) in [6.45, 7) is 6.64. The van der Waals surface area contributed by atoms with Crippen molar-refractivity contribution in [1.82, 2.24) is 0 Å². The summed E-state index contributed by atoms with van der Waals surface area (Å²) in [4.78, 5) is 0. The van der Waals surface area contributed by atoms with Crippen LogP contribution in [0.5, 0.6) is 0 Å². The maximum atomic E-state index is 3.30. The Morgan fingerprint density at radius 3 is 2.47 bits per heavy atom. The number of hydrogen-bond acceptors (Lipinski definition) is 0. The zero-order valence-corrected chi connectivity index (χ0v) is 12.8. The van der Waals surface area contributed by atoms with Gasteiger partial charge < -0.3 is 0 Å². The van der Waals surface area contributed by atoms with Crippen molar-refractivity contribution in [1.29, 1.82) is 0 Å². The van der Waals surface area contributed by atoms with E-state index < -0.39 is 0 Å². The number of allylic oxidation sites excluding steroid dienone is 8. The average molecular weight is 315 g/mol. The van der Waals surface area contributed by atoms with E-state index in [0.717, 1.165) is 12.8 Å². The molecule has 0 spiro atoms. The molecule has 0 N–H and O–H groups in total. The molecule has 0 saturated heterocycles. The number of rotatable bonds is 0. The molecule has 0 atom stereocenters. The zero-order chi connectivity index (χ0) is 11.9. The van der Waals surface area contributed by atoms with Crippen LogP contribution < -0.4 is 0 Å². The molecule has 1 heteroatoms. The summed E-state index contributed by atoms with van der Waals surface area (Å²) in [5, 5.41) is 0. The zero-order valence-electron chi connectivity index (χ0n) is 11.1. The summed E-state index contributed by atoms with van der Waals surface area (Å²) in [6, 6.07) is 0. The van der Waals surface area contributed by atoms with Gasteiger partial charge in [0, 0.05) is 0 Å². The molecule has 0 saturated carbocycles. The molecule has 0 aromatic heterocycles. The first-order valence-corrected chi connectivity index (χ1v) is 6.10. The molecule has 94 valence electrons. The first-order valence-electron chi connectivity index (χ1n) is 6.10. The molecule has 2 aliphatic carbocycles. The van der Waals surface area contributed by atoms with E-state index >= 15 is 0 Å². The van der Waals surface area contributed by atoms with E-state index in [0.29, 0.717) is 5.41 Å². The molecule has 0 unspecified atom stereocenters. The fourth-order valence-corrected chi connectivity index (χ4v) is 1.56. The van der Waals surface area contributed by atoms with Crippen molar-refractivity contribution >= 4 is 0 Å². The van der Waals surface area contributed by atoms with Crippen molar-refractivity contribution in [2.45, 2.75) is 46.5 Å². The maximum absolute atomic E-state index is 3.30. The Hall–Kier alpha value is -0.417. The molecule has 0 aromatic rings. The minimum Gasteiger partial charge on any atom is -0.275 e. The minimum absolute atomic E-state index is 0. The van der Waals surface area contributed by atoms with Crippen molar-refractivity contribution in [3.63, 3.8) is 0 Å². The molecule has 0 bridgehead atoms. The summed E-state index contributed by atoms with van der Waals surface area (Å²) < 4.78 is 0.